The Kier molecular flexibility index (Phi) is 9.60. The number of aliphatic hydroxyl groups excluding tert-OH is 1. The number of carboxylic acids is 1. The molecule has 33 heavy (non-hydrogen) atoms. The molecule has 6 nitrogen and oxygen atoms in total. The predicted molar refractivity (Wildman–Crippen MR) is 125 cm³/mol. The minimum Gasteiger partial charge on any atom is -0.490 e. The lowest BCUT2D eigenvalue weighted by molar-refractivity contribution is -0.140. The second-order valence-corrected chi connectivity index (χ2v) is 7.85. The molecule has 178 valence electrons. The van der Waals surface area contributed by atoms with Crippen LogP contribution in [0.4, 0.5) is 4.39 Å². The molecule has 1 atom stereocenters. The van der Waals surface area contributed by atoms with Gasteiger partial charge in [0.05, 0.1) is 19.3 Å². The highest BCUT2D eigenvalue weighted by Gasteiger charge is 2.22. The molecule has 0 saturated heterocycles. The predicted octanol–water partition coefficient (Wildman–Crippen LogP) is 5.22. The third-order valence-electron chi connectivity index (χ3n) is 4.93. The summed E-state index contributed by atoms with van der Waals surface area (Å²) >= 11 is 0. The van der Waals surface area contributed by atoms with Crippen molar-refractivity contribution in [3.8, 4) is 22.6 Å². The summed E-state index contributed by atoms with van der Waals surface area (Å²) in [5, 5.41) is 19.1. The number of carboxylic acid groups (broad SMARTS) is 1. The van der Waals surface area contributed by atoms with Gasteiger partial charge in [0.15, 0.2) is 11.5 Å². The fourth-order valence-corrected chi connectivity index (χ4v) is 3.53. The van der Waals surface area contributed by atoms with E-state index in [1.807, 2.05) is 33.8 Å². The Bertz CT molecular complexity index is 995. The summed E-state index contributed by atoms with van der Waals surface area (Å²) in [6, 6.07) is 7.92. The molecular formula is C26H31FO6. The molecule has 2 aromatic carbocycles. The Morgan fingerprint density at radius 3 is 2.27 bits per heavy atom. The Labute approximate surface area is 193 Å². The van der Waals surface area contributed by atoms with Crippen LogP contribution in [0.2, 0.25) is 0 Å². The van der Waals surface area contributed by atoms with Crippen LogP contribution in [0.15, 0.2) is 36.4 Å². The van der Waals surface area contributed by atoms with Crippen LogP contribution in [-0.4, -0.2) is 41.3 Å². The van der Waals surface area contributed by atoms with Crippen molar-refractivity contribution in [2.24, 2.45) is 0 Å². The van der Waals surface area contributed by atoms with Crippen LogP contribution in [0.5, 0.6) is 11.5 Å². The molecule has 0 radical (unpaired) electrons. The first kappa shape index (κ1) is 26.1. The summed E-state index contributed by atoms with van der Waals surface area (Å²) in [4.78, 5) is 22.5. The van der Waals surface area contributed by atoms with Crippen molar-refractivity contribution < 1.29 is 33.7 Å². The number of carbonyl (C=O) groups is 2. The van der Waals surface area contributed by atoms with Crippen LogP contribution in [0.3, 0.4) is 0 Å². The van der Waals surface area contributed by atoms with Crippen molar-refractivity contribution in [2.75, 3.05) is 13.2 Å². The van der Waals surface area contributed by atoms with E-state index in [0.717, 1.165) is 11.1 Å². The lowest BCUT2D eigenvalue weighted by Gasteiger charge is -2.23. The van der Waals surface area contributed by atoms with Gasteiger partial charge in [0, 0.05) is 12.0 Å². The van der Waals surface area contributed by atoms with Crippen molar-refractivity contribution in [3.05, 3.63) is 53.4 Å². The Balaban J connectivity index is 2.67. The maximum atomic E-state index is 13.6. The highest BCUT2D eigenvalue weighted by atomic mass is 19.1. The molecular weight excluding hydrogens is 427 g/mol. The maximum absolute atomic E-state index is 13.6. The molecule has 0 fully saturated rings. The van der Waals surface area contributed by atoms with E-state index in [4.69, 9.17) is 14.6 Å². The van der Waals surface area contributed by atoms with E-state index in [-0.39, 0.29) is 18.2 Å². The van der Waals surface area contributed by atoms with Gasteiger partial charge in [-0.15, -0.1) is 0 Å². The third-order valence-corrected chi connectivity index (χ3v) is 4.93. The number of ketones is 1. The van der Waals surface area contributed by atoms with Crippen LogP contribution in [0.25, 0.3) is 17.2 Å². The first-order valence-corrected chi connectivity index (χ1v) is 11.0. The molecule has 2 N–H and O–H groups in total. The van der Waals surface area contributed by atoms with Crippen LogP contribution >= 0.6 is 0 Å². The summed E-state index contributed by atoms with van der Waals surface area (Å²) in [7, 11) is 0. The van der Waals surface area contributed by atoms with E-state index in [2.05, 4.69) is 0 Å². The van der Waals surface area contributed by atoms with Crippen molar-refractivity contribution in [1.29, 1.82) is 0 Å². The molecule has 0 amide bonds. The topological polar surface area (TPSA) is 93.1 Å². The highest BCUT2D eigenvalue weighted by Crippen LogP contribution is 2.45. The van der Waals surface area contributed by atoms with Gasteiger partial charge in [0.2, 0.25) is 0 Å². The quantitative estimate of drug-likeness (QED) is 0.424. The molecule has 2 rings (SSSR count). The molecule has 7 heteroatoms. The summed E-state index contributed by atoms with van der Waals surface area (Å²) in [6.45, 7) is 8.58. The normalized spacial score (nSPS) is 12.2. The molecule has 0 aromatic heterocycles. The lowest BCUT2D eigenvalue weighted by atomic mass is 9.88. The van der Waals surface area contributed by atoms with E-state index in [1.54, 1.807) is 18.2 Å². The smallest absolute Gasteiger partial charge is 0.310 e. The van der Waals surface area contributed by atoms with Crippen molar-refractivity contribution in [2.45, 2.75) is 52.6 Å². The van der Waals surface area contributed by atoms with E-state index in [0.29, 0.717) is 35.8 Å². The molecule has 0 heterocycles. The van der Waals surface area contributed by atoms with Crippen molar-refractivity contribution in [3.63, 3.8) is 0 Å². The number of rotatable bonds is 12. The zero-order valence-electron chi connectivity index (χ0n) is 19.4. The second-order valence-electron chi connectivity index (χ2n) is 7.85. The van der Waals surface area contributed by atoms with Crippen molar-refractivity contribution in [1.82, 2.24) is 0 Å². The number of benzene rings is 2. The van der Waals surface area contributed by atoms with Crippen LogP contribution in [0, 0.1) is 5.82 Å². The van der Waals surface area contributed by atoms with Crippen LogP contribution in [0.1, 0.15) is 57.6 Å². The van der Waals surface area contributed by atoms with Gasteiger partial charge < -0.3 is 19.7 Å². The monoisotopic (exact) mass is 458 g/mol. The first-order valence-electron chi connectivity index (χ1n) is 11.0. The number of hydrogen-bond acceptors (Lipinski definition) is 5. The third kappa shape index (κ3) is 7.15. The molecule has 0 bridgehead atoms. The Hall–Kier alpha value is -3.19. The Morgan fingerprint density at radius 2 is 1.73 bits per heavy atom. The van der Waals surface area contributed by atoms with Gasteiger partial charge in [-0.25, -0.2) is 4.39 Å². The average molecular weight is 459 g/mol. The summed E-state index contributed by atoms with van der Waals surface area (Å²) in [5.74, 6) is -1.02. The molecule has 0 aliphatic heterocycles. The SMILES string of the molecule is CCOc1cc(C(C)C)c(/C=C/C(O)CC(=O)CC(=O)O)c(-c2ccc(F)cc2)c1OCC. The molecule has 0 saturated carbocycles. The number of hydrogen-bond donors (Lipinski definition) is 2. The van der Waals surface area contributed by atoms with Crippen LogP contribution < -0.4 is 9.47 Å². The number of carbonyl (C=O) groups excluding carboxylic acids is 1. The Morgan fingerprint density at radius 1 is 1.09 bits per heavy atom. The standard InChI is InChI=1S/C26H31FO6/c1-5-32-23-15-22(16(3)4)21(12-11-19(28)13-20(29)14-24(30)31)25(26(23)33-6-2)17-7-9-18(27)10-8-17/h7-12,15-16,19,28H,5-6,13-14H2,1-4H3,(H,30,31)/b12-11+. The largest absolute Gasteiger partial charge is 0.490 e. The van der Waals surface area contributed by atoms with Gasteiger partial charge in [-0.2, -0.15) is 0 Å². The van der Waals surface area contributed by atoms with E-state index < -0.39 is 24.3 Å². The molecule has 0 aliphatic carbocycles. The fourth-order valence-electron chi connectivity index (χ4n) is 3.53. The van der Waals surface area contributed by atoms with E-state index in [1.165, 1.54) is 18.2 Å². The maximum Gasteiger partial charge on any atom is 0.310 e. The van der Waals surface area contributed by atoms with E-state index >= 15 is 0 Å². The minimum absolute atomic E-state index is 0.0736. The molecule has 1 unspecified atom stereocenters. The first-order chi connectivity index (χ1) is 15.7. The van der Waals surface area contributed by atoms with Gasteiger partial charge in [-0.1, -0.05) is 38.1 Å². The summed E-state index contributed by atoms with van der Waals surface area (Å²) in [6.07, 6.45) is 1.07. The summed E-state index contributed by atoms with van der Waals surface area (Å²) < 4.78 is 25.5. The molecule has 0 spiro atoms. The average Bonchev–Trinajstić information content (AvgIpc) is 2.73. The molecule has 2 aromatic rings. The van der Waals surface area contributed by atoms with Gasteiger partial charge in [-0.05, 0) is 54.7 Å². The molecule has 0 aliphatic rings. The number of aliphatic carboxylic acids is 1. The number of ether oxygens (including phenoxy) is 2. The number of halogens is 1. The van der Waals surface area contributed by atoms with Gasteiger partial charge in [0.1, 0.15) is 18.0 Å². The summed E-state index contributed by atoms with van der Waals surface area (Å²) in [5.41, 5.74) is 3.06. The lowest BCUT2D eigenvalue weighted by Crippen LogP contribution is -2.14. The highest BCUT2D eigenvalue weighted by molar-refractivity contribution is 5.95. The zero-order valence-corrected chi connectivity index (χ0v) is 19.4. The van der Waals surface area contributed by atoms with E-state index in [9.17, 15) is 19.1 Å². The minimum atomic E-state index is -1.23. The fraction of sp³-hybridized carbons (Fsp3) is 0.385. The van der Waals surface area contributed by atoms with Crippen LogP contribution in [-0.2, 0) is 9.59 Å². The number of aliphatic hydroxyl groups is 1. The van der Waals surface area contributed by atoms with Gasteiger partial charge in [-0.3, -0.25) is 9.59 Å². The second kappa shape index (κ2) is 12.2. The van der Waals surface area contributed by atoms with Crippen molar-refractivity contribution >= 4 is 17.8 Å². The van der Waals surface area contributed by atoms with Gasteiger partial charge >= 0.3 is 5.97 Å². The number of Topliss-reactive ketones (excluding diaryl/α,β-unsaturated/α-hetero) is 1. The van der Waals surface area contributed by atoms with Gasteiger partial charge in [0.25, 0.3) is 0 Å². The zero-order chi connectivity index (χ0) is 24.5.